The minimum atomic E-state index is -1.04. The van der Waals surface area contributed by atoms with Gasteiger partial charge >= 0.3 is 12.1 Å². The number of alkyl carbamates (subject to hydrolysis) is 1. The van der Waals surface area contributed by atoms with Gasteiger partial charge in [-0.1, -0.05) is 78.9 Å². The lowest BCUT2D eigenvalue weighted by molar-refractivity contribution is -0.145. The van der Waals surface area contributed by atoms with Gasteiger partial charge in [0.1, 0.15) is 13.2 Å². The molecule has 1 aliphatic heterocycles. The zero-order chi connectivity index (χ0) is 27.2. The van der Waals surface area contributed by atoms with Crippen LogP contribution in [0.15, 0.2) is 78.9 Å². The Morgan fingerprint density at radius 1 is 0.872 bits per heavy atom. The number of carbonyl (C=O) groups excluding carboxylic acids is 2. The maximum absolute atomic E-state index is 12.9. The highest BCUT2D eigenvalue weighted by atomic mass is 16.5. The molecule has 0 bridgehead atoms. The topological polar surface area (TPSA) is 99.2 Å². The molecule has 8 heteroatoms. The Bertz CT molecular complexity index is 1280. The van der Waals surface area contributed by atoms with Gasteiger partial charge in [-0.2, -0.15) is 0 Å². The van der Waals surface area contributed by atoms with Crippen molar-refractivity contribution in [2.24, 2.45) is 0 Å². The highest BCUT2D eigenvalue weighted by Gasteiger charge is 2.30. The molecule has 0 spiro atoms. The van der Waals surface area contributed by atoms with Crippen LogP contribution in [-0.2, 0) is 20.9 Å². The van der Waals surface area contributed by atoms with E-state index in [1.165, 1.54) is 27.2 Å². The Labute approximate surface area is 228 Å². The summed E-state index contributed by atoms with van der Waals surface area (Å²) in [6, 6.07) is 25.8. The van der Waals surface area contributed by atoms with Gasteiger partial charge in [0.15, 0.2) is 0 Å². The summed E-state index contributed by atoms with van der Waals surface area (Å²) in [5.41, 5.74) is 5.62. The minimum Gasteiger partial charge on any atom is -0.480 e. The van der Waals surface area contributed by atoms with Crippen LogP contribution < -0.4 is 5.32 Å². The molecule has 0 atom stereocenters. The number of likely N-dealkylation sites (tertiary alicyclic amines) is 1. The van der Waals surface area contributed by atoms with E-state index < -0.39 is 12.1 Å². The zero-order valence-electron chi connectivity index (χ0n) is 21.8. The Balaban J connectivity index is 1.09. The fraction of sp³-hybridized carbons (Fsp3) is 0.323. The lowest BCUT2D eigenvalue weighted by atomic mass is 9.98. The first-order valence-corrected chi connectivity index (χ1v) is 13.4. The van der Waals surface area contributed by atoms with Gasteiger partial charge < -0.3 is 20.1 Å². The molecule has 1 aliphatic carbocycles. The van der Waals surface area contributed by atoms with Crippen LogP contribution in [0.4, 0.5) is 4.79 Å². The van der Waals surface area contributed by atoms with Crippen molar-refractivity contribution in [1.29, 1.82) is 0 Å². The van der Waals surface area contributed by atoms with Gasteiger partial charge in [-0.15, -0.1) is 0 Å². The quantitative estimate of drug-likeness (QED) is 0.435. The summed E-state index contributed by atoms with van der Waals surface area (Å²) in [7, 11) is 0. The summed E-state index contributed by atoms with van der Waals surface area (Å²) < 4.78 is 5.68. The van der Waals surface area contributed by atoms with Crippen molar-refractivity contribution in [3.63, 3.8) is 0 Å². The zero-order valence-corrected chi connectivity index (χ0v) is 21.8. The Morgan fingerprint density at radius 2 is 1.46 bits per heavy atom. The molecule has 0 aromatic heterocycles. The molecule has 0 saturated carbocycles. The molecule has 1 saturated heterocycles. The molecule has 0 radical (unpaired) electrons. The summed E-state index contributed by atoms with van der Waals surface area (Å²) in [6.45, 7) is 1.60. The number of carbonyl (C=O) groups is 3. The number of piperidine rings is 1. The third kappa shape index (κ3) is 6.46. The van der Waals surface area contributed by atoms with Crippen molar-refractivity contribution in [3.8, 4) is 11.1 Å². The van der Waals surface area contributed by atoms with Crippen molar-refractivity contribution >= 4 is 18.0 Å². The molecular formula is C31H33N3O5. The number of nitrogens with one attached hydrogen (secondary N) is 1. The van der Waals surface area contributed by atoms with E-state index in [2.05, 4.69) is 29.6 Å². The second kappa shape index (κ2) is 12.1. The first-order chi connectivity index (χ1) is 19.0. The summed E-state index contributed by atoms with van der Waals surface area (Å²) in [5, 5.41) is 12.3. The number of carboxylic acids is 1. The maximum Gasteiger partial charge on any atom is 0.407 e. The van der Waals surface area contributed by atoms with Gasteiger partial charge in [0.2, 0.25) is 5.91 Å². The van der Waals surface area contributed by atoms with E-state index in [0.29, 0.717) is 25.9 Å². The van der Waals surface area contributed by atoms with Crippen LogP contribution in [0.2, 0.25) is 0 Å². The van der Waals surface area contributed by atoms with Crippen LogP contribution in [0.25, 0.3) is 11.1 Å². The van der Waals surface area contributed by atoms with Crippen LogP contribution in [0.5, 0.6) is 0 Å². The first-order valence-electron chi connectivity index (χ1n) is 13.4. The van der Waals surface area contributed by atoms with Gasteiger partial charge in [-0.3, -0.25) is 14.5 Å². The molecule has 39 heavy (non-hydrogen) atoms. The molecule has 2 amide bonds. The Hall–Kier alpha value is -4.17. The van der Waals surface area contributed by atoms with Crippen LogP contribution in [0, 0.1) is 0 Å². The molecule has 8 nitrogen and oxygen atoms in total. The van der Waals surface area contributed by atoms with Crippen LogP contribution in [-0.4, -0.2) is 71.7 Å². The van der Waals surface area contributed by atoms with E-state index in [0.717, 1.165) is 5.56 Å². The highest BCUT2D eigenvalue weighted by molar-refractivity contribution is 5.83. The number of rotatable bonds is 9. The Morgan fingerprint density at radius 3 is 2.08 bits per heavy atom. The van der Waals surface area contributed by atoms with Crippen molar-refractivity contribution in [1.82, 2.24) is 15.1 Å². The van der Waals surface area contributed by atoms with Gasteiger partial charge in [0, 0.05) is 31.6 Å². The molecule has 1 heterocycles. The van der Waals surface area contributed by atoms with E-state index >= 15 is 0 Å². The second-order valence-electron chi connectivity index (χ2n) is 10.1. The normalized spacial score (nSPS) is 15.3. The van der Waals surface area contributed by atoms with E-state index in [-0.39, 0.29) is 44.1 Å². The number of amides is 2. The van der Waals surface area contributed by atoms with Gasteiger partial charge in [-0.25, -0.2) is 4.79 Å². The first kappa shape index (κ1) is 26.4. The number of hydrogen-bond acceptors (Lipinski definition) is 5. The number of carboxylic acid groups (broad SMARTS) is 1. The third-order valence-corrected chi connectivity index (χ3v) is 7.51. The van der Waals surface area contributed by atoms with E-state index in [4.69, 9.17) is 4.74 Å². The predicted molar refractivity (Wildman–Crippen MR) is 147 cm³/mol. The fourth-order valence-corrected chi connectivity index (χ4v) is 5.53. The molecule has 0 unspecified atom stereocenters. The standard InChI is InChI=1S/C31H33N3O5/c35-29(34(20-30(36)37)18-22-8-2-1-3-9-22)19-33-16-14-23(15-17-33)32-31(38)39-21-28-26-12-6-4-10-24(26)25-11-5-7-13-27(25)28/h1-13,23,28H,14-21H2,(H,32,38)(H,36,37). The van der Waals surface area contributed by atoms with Crippen molar-refractivity contribution < 1.29 is 24.2 Å². The predicted octanol–water partition coefficient (Wildman–Crippen LogP) is 4.10. The molecule has 5 rings (SSSR count). The van der Waals surface area contributed by atoms with Crippen LogP contribution >= 0.6 is 0 Å². The summed E-state index contributed by atoms with van der Waals surface area (Å²) >= 11 is 0. The largest absolute Gasteiger partial charge is 0.480 e. The van der Waals surface area contributed by atoms with Crippen molar-refractivity contribution in [3.05, 3.63) is 95.6 Å². The van der Waals surface area contributed by atoms with E-state index in [9.17, 15) is 19.5 Å². The molecule has 2 aliphatic rings. The molecule has 1 fully saturated rings. The van der Waals surface area contributed by atoms with Crippen LogP contribution in [0.1, 0.15) is 35.4 Å². The number of fused-ring (bicyclic) bond motifs is 3. The number of hydrogen-bond donors (Lipinski definition) is 2. The second-order valence-corrected chi connectivity index (χ2v) is 10.1. The number of nitrogens with zero attached hydrogens (tertiary/aromatic N) is 2. The monoisotopic (exact) mass is 527 g/mol. The lowest BCUT2D eigenvalue weighted by Crippen LogP contribution is -2.48. The lowest BCUT2D eigenvalue weighted by Gasteiger charge is -2.33. The molecule has 202 valence electrons. The van der Waals surface area contributed by atoms with E-state index in [1.54, 1.807) is 0 Å². The molecule has 2 N–H and O–H groups in total. The van der Waals surface area contributed by atoms with Crippen molar-refractivity contribution in [2.75, 3.05) is 32.8 Å². The van der Waals surface area contributed by atoms with Gasteiger partial charge in [0.25, 0.3) is 0 Å². The number of aliphatic carboxylic acids is 1. The maximum atomic E-state index is 12.9. The Kier molecular flexibility index (Phi) is 8.22. The average molecular weight is 528 g/mol. The van der Waals surface area contributed by atoms with Crippen LogP contribution in [0.3, 0.4) is 0 Å². The minimum absolute atomic E-state index is 0.0145. The smallest absolute Gasteiger partial charge is 0.407 e. The van der Waals surface area contributed by atoms with Gasteiger partial charge in [0.05, 0.1) is 6.54 Å². The molecule has 3 aromatic carbocycles. The molecular weight excluding hydrogens is 494 g/mol. The van der Waals surface area contributed by atoms with Gasteiger partial charge in [-0.05, 0) is 40.7 Å². The number of ether oxygens (including phenoxy) is 1. The summed E-state index contributed by atoms with van der Waals surface area (Å²) in [5.74, 6) is -1.24. The fourth-order valence-electron chi connectivity index (χ4n) is 5.53. The average Bonchev–Trinajstić information content (AvgIpc) is 3.26. The summed E-state index contributed by atoms with van der Waals surface area (Å²) in [6.07, 6.45) is 0.950. The molecule has 3 aromatic rings. The number of benzene rings is 3. The highest BCUT2D eigenvalue weighted by Crippen LogP contribution is 2.44. The summed E-state index contributed by atoms with van der Waals surface area (Å²) in [4.78, 5) is 40.3. The van der Waals surface area contributed by atoms with Crippen molar-refractivity contribution in [2.45, 2.75) is 31.3 Å². The third-order valence-electron chi connectivity index (χ3n) is 7.51. The SMILES string of the molecule is O=C(O)CN(Cc1ccccc1)C(=O)CN1CCC(NC(=O)OCC2c3ccccc3-c3ccccc32)CC1. The van der Waals surface area contributed by atoms with E-state index in [1.807, 2.05) is 59.5 Å².